The topological polar surface area (TPSA) is 64.4 Å². The van der Waals surface area contributed by atoms with E-state index in [1.165, 1.54) is 0 Å². The molecule has 1 heterocycles. The molecule has 0 saturated carbocycles. The van der Waals surface area contributed by atoms with E-state index in [2.05, 4.69) is 11.5 Å². The van der Waals surface area contributed by atoms with Gasteiger partial charge in [-0.1, -0.05) is 18.2 Å². The summed E-state index contributed by atoms with van der Waals surface area (Å²) >= 11 is 0. The van der Waals surface area contributed by atoms with E-state index in [-0.39, 0.29) is 6.42 Å². The average Bonchev–Trinajstić information content (AvgIpc) is 2.91. The highest BCUT2D eigenvalue weighted by Gasteiger charge is 2.12. The van der Waals surface area contributed by atoms with Crippen LogP contribution in [-0.2, 0) is 24.2 Å². The third-order valence-electron chi connectivity index (χ3n) is 4.08. The number of carboxylic acids is 1. The zero-order valence-corrected chi connectivity index (χ0v) is 13.8. The quantitative estimate of drug-likeness (QED) is 0.756. The monoisotopic (exact) mass is 324 g/mol. The van der Waals surface area contributed by atoms with Crippen LogP contribution in [0.15, 0.2) is 42.5 Å². The van der Waals surface area contributed by atoms with E-state index in [9.17, 15) is 4.79 Å². The summed E-state index contributed by atoms with van der Waals surface area (Å²) in [7, 11) is 1.65. The molecule has 0 bridgehead atoms. The van der Waals surface area contributed by atoms with Gasteiger partial charge in [0.05, 0.1) is 24.6 Å². The Morgan fingerprint density at radius 3 is 2.50 bits per heavy atom. The normalized spacial score (nSPS) is 10.9. The molecule has 0 aliphatic carbocycles. The predicted molar refractivity (Wildman–Crippen MR) is 92.5 cm³/mol. The number of aliphatic carboxylic acids is 1. The molecule has 3 aromatic rings. The number of aryl methyl sites for hydroxylation is 1. The Labute approximate surface area is 140 Å². The van der Waals surface area contributed by atoms with Gasteiger partial charge in [-0.25, -0.2) is 4.98 Å². The van der Waals surface area contributed by atoms with E-state index in [0.29, 0.717) is 0 Å². The maximum atomic E-state index is 10.9. The van der Waals surface area contributed by atoms with Gasteiger partial charge in [0, 0.05) is 13.0 Å². The second kappa shape index (κ2) is 6.74. The van der Waals surface area contributed by atoms with Crippen molar-refractivity contribution in [2.45, 2.75) is 26.3 Å². The van der Waals surface area contributed by atoms with Gasteiger partial charge in [0.15, 0.2) is 0 Å². The minimum absolute atomic E-state index is 0.0166. The van der Waals surface area contributed by atoms with Crippen LogP contribution < -0.4 is 4.74 Å². The van der Waals surface area contributed by atoms with E-state index < -0.39 is 5.97 Å². The van der Waals surface area contributed by atoms with E-state index in [4.69, 9.17) is 14.8 Å². The third-order valence-corrected chi connectivity index (χ3v) is 4.08. The van der Waals surface area contributed by atoms with Gasteiger partial charge in [-0.05, 0) is 42.3 Å². The number of hydrogen-bond acceptors (Lipinski definition) is 3. The number of benzene rings is 2. The van der Waals surface area contributed by atoms with Gasteiger partial charge in [0.25, 0.3) is 0 Å². The standard InChI is InChI=1S/C19H20N2O3/c1-3-21-17-9-6-14(12-19(22)23)10-16(17)20-18(21)11-13-4-7-15(24-2)8-5-13/h4-10H,3,11-12H2,1-2H3,(H,22,23). The predicted octanol–water partition coefficient (Wildman–Crippen LogP) is 3.28. The molecule has 124 valence electrons. The first-order chi connectivity index (χ1) is 11.6. The first-order valence-corrected chi connectivity index (χ1v) is 7.93. The molecular formula is C19H20N2O3. The Balaban J connectivity index is 1.95. The van der Waals surface area contributed by atoms with Crippen LogP contribution in [0.2, 0.25) is 0 Å². The molecule has 0 atom stereocenters. The summed E-state index contributed by atoms with van der Waals surface area (Å²) < 4.78 is 7.36. The largest absolute Gasteiger partial charge is 0.497 e. The van der Waals surface area contributed by atoms with Crippen molar-refractivity contribution < 1.29 is 14.6 Å². The van der Waals surface area contributed by atoms with Gasteiger partial charge in [-0.2, -0.15) is 0 Å². The summed E-state index contributed by atoms with van der Waals surface area (Å²) in [5.74, 6) is 0.980. The second-order valence-electron chi connectivity index (χ2n) is 5.69. The van der Waals surface area contributed by atoms with Gasteiger partial charge in [0.2, 0.25) is 0 Å². The molecule has 1 aromatic heterocycles. The molecule has 0 amide bonds. The van der Waals surface area contributed by atoms with Crippen LogP contribution in [0.3, 0.4) is 0 Å². The number of ether oxygens (including phenoxy) is 1. The number of nitrogens with zero attached hydrogens (tertiary/aromatic N) is 2. The molecule has 5 heteroatoms. The Bertz CT molecular complexity index is 866. The fraction of sp³-hybridized carbons (Fsp3) is 0.263. The van der Waals surface area contributed by atoms with Crippen LogP contribution >= 0.6 is 0 Å². The number of carbonyl (C=O) groups is 1. The van der Waals surface area contributed by atoms with Crippen LogP contribution in [0.25, 0.3) is 11.0 Å². The highest BCUT2D eigenvalue weighted by molar-refractivity contribution is 5.79. The summed E-state index contributed by atoms with van der Waals surface area (Å²) in [6.45, 7) is 2.91. The number of fused-ring (bicyclic) bond motifs is 1. The number of aromatic nitrogens is 2. The second-order valence-corrected chi connectivity index (χ2v) is 5.69. The van der Waals surface area contributed by atoms with Crippen LogP contribution in [0, 0.1) is 0 Å². The van der Waals surface area contributed by atoms with Crippen molar-refractivity contribution in [2.75, 3.05) is 7.11 Å². The Morgan fingerprint density at radius 1 is 1.17 bits per heavy atom. The molecule has 0 radical (unpaired) electrons. The fourth-order valence-electron chi connectivity index (χ4n) is 2.92. The summed E-state index contributed by atoms with van der Waals surface area (Å²) in [6, 6.07) is 13.6. The van der Waals surface area contributed by atoms with Crippen LogP contribution in [0.1, 0.15) is 23.9 Å². The van der Waals surface area contributed by atoms with Crippen molar-refractivity contribution in [3.63, 3.8) is 0 Å². The molecule has 0 spiro atoms. The van der Waals surface area contributed by atoms with Crippen molar-refractivity contribution in [1.29, 1.82) is 0 Å². The van der Waals surface area contributed by atoms with E-state index >= 15 is 0 Å². The fourth-order valence-corrected chi connectivity index (χ4v) is 2.92. The van der Waals surface area contributed by atoms with Gasteiger partial charge >= 0.3 is 5.97 Å². The average molecular weight is 324 g/mol. The van der Waals surface area contributed by atoms with Crippen molar-refractivity contribution in [2.24, 2.45) is 0 Å². The first kappa shape index (κ1) is 16.1. The van der Waals surface area contributed by atoms with Crippen LogP contribution in [-0.4, -0.2) is 27.7 Å². The van der Waals surface area contributed by atoms with Crippen molar-refractivity contribution in [3.05, 3.63) is 59.4 Å². The summed E-state index contributed by atoms with van der Waals surface area (Å²) in [4.78, 5) is 15.6. The highest BCUT2D eigenvalue weighted by atomic mass is 16.5. The molecule has 0 unspecified atom stereocenters. The summed E-state index contributed by atoms with van der Waals surface area (Å²) in [5.41, 5.74) is 3.81. The molecule has 24 heavy (non-hydrogen) atoms. The van der Waals surface area contributed by atoms with Gasteiger partial charge in [0.1, 0.15) is 11.6 Å². The SMILES string of the molecule is CCn1c(Cc2ccc(OC)cc2)nc2cc(CC(=O)O)ccc21. The molecule has 0 fully saturated rings. The molecule has 3 rings (SSSR count). The molecule has 0 saturated heterocycles. The summed E-state index contributed by atoms with van der Waals surface area (Å²) in [5, 5.41) is 8.95. The number of methoxy groups -OCH3 is 1. The van der Waals surface area contributed by atoms with Crippen molar-refractivity contribution >= 4 is 17.0 Å². The highest BCUT2D eigenvalue weighted by Crippen LogP contribution is 2.21. The minimum atomic E-state index is -0.831. The number of rotatable bonds is 6. The van der Waals surface area contributed by atoms with Crippen LogP contribution in [0.4, 0.5) is 0 Å². The smallest absolute Gasteiger partial charge is 0.307 e. The molecule has 0 aliphatic rings. The molecular weight excluding hydrogens is 304 g/mol. The van der Waals surface area contributed by atoms with E-state index in [0.717, 1.165) is 46.7 Å². The maximum Gasteiger partial charge on any atom is 0.307 e. The number of hydrogen-bond donors (Lipinski definition) is 1. The van der Waals surface area contributed by atoms with E-state index in [1.807, 2.05) is 42.5 Å². The van der Waals surface area contributed by atoms with Crippen LogP contribution in [0.5, 0.6) is 5.75 Å². The lowest BCUT2D eigenvalue weighted by molar-refractivity contribution is -0.136. The molecule has 0 aliphatic heterocycles. The maximum absolute atomic E-state index is 10.9. The van der Waals surface area contributed by atoms with Gasteiger partial charge in [-0.3, -0.25) is 4.79 Å². The number of carboxylic acid groups (broad SMARTS) is 1. The Kier molecular flexibility index (Phi) is 4.51. The zero-order valence-electron chi connectivity index (χ0n) is 13.8. The lowest BCUT2D eigenvalue weighted by atomic mass is 10.1. The molecule has 1 N–H and O–H groups in total. The lowest BCUT2D eigenvalue weighted by Gasteiger charge is -2.07. The van der Waals surface area contributed by atoms with Crippen molar-refractivity contribution in [1.82, 2.24) is 9.55 Å². The Morgan fingerprint density at radius 2 is 1.88 bits per heavy atom. The Hall–Kier alpha value is -2.82. The molecule has 5 nitrogen and oxygen atoms in total. The van der Waals surface area contributed by atoms with E-state index in [1.54, 1.807) is 7.11 Å². The number of imidazole rings is 1. The lowest BCUT2D eigenvalue weighted by Crippen LogP contribution is -2.02. The zero-order chi connectivity index (χ0) is 17.1. The van der Waals surface area contributed by atoms with Crippen molar-refractivity contribution in [3.8, 4) is 5.75 Å². The first-order valence-electron chi connectivity index (χ1n) is 7.93. The molecule has 2 aromatic carbocycles. The minimum Gasteiger partial charge on any atom is -0.497 e. The van der Waals surface area contributed by atoms with Gasteiger partial charge in [-0.15, -0.1) is 0 Å². The third kappa shape index (κ3) is 3.25. The summed E-state index contributed by atoms with van der Waals surface area (Å²) in [6.07, 6.45) is 0.740. The van der Waals surface area contributed by atoms with Gasteiger partial charge < -0.3 is 14.4 Å².